The third-order valence-electron chi connectivity index (χ3n) is 5.36. The zero-order chi connectivity index (χ0) is 17.7. The van der Waals surface area contributed by atoms with Crippen molar-refractivity contribution in [2.24, 2.45) is 5.41 Å². The molecule has 0 saturated carbocycles. The van der Waals surface area contributed by atoms with E-state index in [-0.39, 0.29) is 12.0 Å². The van der Waals surface area contributed by atoms with E-state index in [0.717, 1.165) is 56.8 Å². The molecule has 3 rings (SSSR count). The minimum atomic E-state index is -0.00908. The molecule has 0 aliphatic carbocycles. The van der Waals surface area contributed by atoms with Gasteiger partial charge in [-0.1, -0.05) is 43.7 Å². The highest BCUT2D eigenvalue weighted by Crippen LogP contribution is 2.36. The number of aromatic nitrogens is 2. The van der Waals surface area contributed by atoms with Gasteiger partial charge in [0, 0.05) is 36.9 Å². The molecule has 0 radical (unpaired) electrons. The fourth-order valence-electron chi connectivity index (χ4n) is 3.82. The van der Waals surface area contributed by atoms with E-state index in [0.29, 0.717) is 0 Å². The molecule has 0 unspecified atom stereocenters. The van der Waals surface area contributed by atoms with Crippen LogP contribution in [0.1, 0.15) is 43.1 Å². The van der Waals surface area contributed by atoms with E-state index in [4.69, 9.17) is 4.98 Å². The maximum atomic E-state index is 10.1. The van der Waals surface area contributed by atoms with Crippen LogP contribution in [0.3, 0.4) is 0 Å². The second-order valence-electron chi connectivity index (χ2n) is 7.32. The largest absolute Gasteiger partial charge is 0.396 e. The predicted octanol–water partition coefficient (Wildman–Crippen LogP) is 3.56. The first-order chi connectivity index (χ1) is 12.2. The monoisotopic (exact) mass is 339 g/mol. The van der Waals surface area contributed by atoms with Crippen LogP contribution in [0.4, 0.5) is 5.82 Å². The van der Waals surface area contributed by atoms with Crippen LogP contribution in [0, 0.1) is 12.3 Å². The molecule has 1 saturated heterocycles. The van der Waals surface area contributed by atoms with Crippen LogP contribution in [0.5, 0.6) is 0 Å². The van der Waals surface area contributed by atoms with Gasteiger partial charge in [0.2, 0.25) is 0 Å². The molecule has 0 atom stereocenters. The van der Waals surface area contributed by atoms with Crippen molar-refractivity contribution in [3.63, 3.8) is 0 Å². The number of aryl methyl sites for hydroxylation is 2. The summed E-state index contributed by atoms with van der Waals surface area (Å²) in [5, 5.41) is 10.1. The lowest BCUT2D eigenvalue weighted by Crippen LogP contribution is -2.44. The Hall–Kier alpha value is -1.94. The molecule has 1 aliphatic heterocycles. The summed E-state index contributed by atoms with van der Waals surface area (Å²) in [6, 6.07) is 10.5. The summed E-state index contributed by atoms with van der Waals surface area (Å²) in [5.74, 6) is 1.93. The Morgan fingerprint density at radius 3 is 2.52 bits per heavy atom. The second kappa shape index (κ2) is 7.96. The van der Waals surface area contributed by atoms with Crippen molar-refractivity contribution in [2.45, 2.75) is 46.0 Å². The molecular weight excluding hydrogens is 310 g/mol. The normalized spacial score (nSPS) is 16.8. The Morgan fingerprint density at radius 2 is 1.88 bits per heavy atom. The Labute approximate surface area is 150 Å². The molecule has 25 heavy (non-hydrogen) atoms. The van der Waals surface area contributed by atoms with Crippen LogP contribution in [0.15, 0.2) is 36.5 Å². The standard InChI is InChI=1S/C21H29N3O/c1-3-7-19-15-22-17(2)23-20(19)24-12-10-21(16-25,11-13-24)14-18-8-5-4-6-9-18/h4-6,8-9,15,25H,3,7,10-14,16H2,1-2H3. The fraction of sp³-hybridized carbons (Fsp3) is 0.524. The topological polar surface area (TPSA) is 49.2 Å². The number of piperidine rings is 1. The van der Waals surface area contributed by atoms with E-state index < -0.39 is 0 Å². The van der Waals surface area contributed by atoms with Crippen molar-refractivity contribution in [1.29, 1.82) is 0 Å². The van der Waals surface area contributed by atoms with Gasteiger partial charge in [-0.2, -0.15) is 0 Å². The first-order valence-corrected chi connectivity index (χ1v) is 9.38. The minimum Gasteiger partial charge on any atom is -0.396 e. The average molecular weight is 339 g/mol. The van der Waals surface area contributed by atoms with Gasteiger partial charge in [0.15, 0.2) is 0 Å². The summed E-state index contributed by atoms with van der Waals surface area (Å²) < 4.78 is 0. The van der Waals surface area contributed by atoms with Crippen LogP contribution >= 0.6 is 0 Å². The molecule has 4 heteroatoms. The van der Waals surface area contributed by atoms with Crippen LogP contribution in [-0.2, 0) is 12.8 Å². The predicted molar refractivity (Wildman–Crippen MR) is 102 cm³/mol. The molecule has 1 aromatic carbocycles. The lowest BCUT2D eigenvalue weighted by Gasteiger charge is -2.42. The Bertz CT molecular complexity index is 679. The average Bonchev–Trinajstić information content (AvgIpc) is 2.65. The van der Waals surface area contributed by atoms with Gasteiger partial charge >= 0.3 is 0 Å². The summed E-state index contributed by atoms with van der Waals surface area (Å²) in [5.41, 5.74) is 2.55. The van der Waals surface area contributed by atoms with Gasteiger partial charge in [0.05, 0.1) is 0 Å². The van der Waals surface area contributed by atoms with E-state index in [1.807, 2.05) is 19.2 Å². The van der Waals surface area contributed by atoms with Crippen molar-refractivity contribution in [1.82, 2.24) is 9.97 Å². The quantitative estimate of drug-likeness (QED) is 0.874. The third-order valence-corrected chi connectivity index (χ3v) is 5.36. The number of aliphatic hydroxyl groups is 1. The first-order valence-electron chi connectivity index (χ1n) is 9.38. The van der Waals surface area contributed by atoms with Crippen LogP contribution in [0.25, 0.3) is 0 Å². The highest BCUT2D eigenvalue weighted by atomic mass is 16.3. The molecule has 1 fully saturated rings. The Kier molecular flexibility index (Phi) is 5.69. The van der Waals surface area contributed by atoms with E-state index in [1.165, 1.54) is 11.1 Å². The summed E-state index contributed by atoms with van der Waals surface area (Å²) in [4.78, 5) is 11.5. The van der Waals surface area contributed by atoms with Gasteiger partial charge in [-0.05, 0) is 38.2 Å². The molecule has 0 bridgehead atoms. The van der Waals surface area contributed by atoms with Crippen molar-refractivity contribution >= 4 is 5.82 Å². The van der Waals surface area contributed by atoms with Gasteiger partial charge in [-0.25, -0.2) is 9.97 Å². The minimum absolute atomic E-state index is 0.00908. The van der Waals surface area contributed by atoms with Crippen LogP contribution in [0.2, 0.25) is 0 Å². The number of anilines is 1. The van der Waals surface area contributed by atoms with Crippen molar-refractivity contribution in [3.8, 4) is 0 Å². The van der Waals surface area contributed by atoms with Crippen LogP contribution in [-0.4, -0.2) is 34.8 Å². The Morgan fingerprint density at radius 1 is 1.16 bits per heavy atom. The Balaban J connectivity index is 1.73. The van der Waals surface area contributed by atoms with Crippen LogP contribution < -0.4 is 4.90 Å². The zero-order valence-electron chi connectivity index (χ0n) is 15.4. The number of rotatable bonds is 6. The SMILES string of the molecule is CCCc1cnc(C)nc1N1CCC(CO)(Cc2ccccc2)CC1. The molecule has 1 aliphatic rings. The second-order valence-corrected chi connectivity index (χ2v) is 7.32. The number of benzene rings is 1. The molecule has 0 spiro atoms. The highest BCUT2D eigenvalue weighted by Gasteiger charge is 2.35. The summed E-state index contributed by atoms with van der Waals surface area (Å²) in [6.45, 7) is 6.29. The van der Waals surface area contributed by atoms with Gasteiger partial charge in [-0.3, -0.25) is 0 Å². The number of nitrogens with zero attached hydrogens (tertiary/aromatic N) is 3. The maximum absolute atomic E-state index is 10.1. The molecule has 134 valence electrons. The van der Waals surface area contributed by atoms with Gasteiger partial charge < -0.3 is 10.0 Å². The number of aliphatic hydroxyl groups excluding tert-OH is 1. The fourth-order valence-corrected chi connectivity index (χ4v) is 3.82. The summed E-state index contributed by atoms with van der Waals surface area (Å²) in [7, 11) is 0. The van der Waals surface area contributed by atoms with Crippen molar-refractivity contribution in [2.75, 3.05) is 24.6 Å². The summed E-state index contributed by atoms with van der Waals surface area (Å²) >= 11 is 0. The van der Waals surface area contributed by atoms with Gasteiger partial charge in [-0.15, -0.1) is 0 Å². The molecule has 0 amide bonds. The first kappa shape index (κ1) is 17.9. The lowest BCUT2D eigenvalue weighted by molar-refractivity contribution is 0.0960. The molecule has 2 heterocycles. The highest BCUT2D eigenvalue weighted by molar-refractivity contribution is 5.46. The summed E-state index contributed by atoms with van der Waals surface area (Å²) in [6.07, 6.45) is 7.03. The lowest BCUT2D eigenvalue weighted by atomic mass is 9.74. The number of hydrogen-bond acceptors (Lipinski definition) is 4. The smallest absolute Gasteiger partial charge is 0.135 e. The molecule has 2 aromatic rings. The van der Waals surface area contributed by atoms with E-state index in [1.54, 1.807) is 0 Å². The molecular formula is C21H29N3O. The third kappa shape index (κ3) is 4.18. The van der Waals surface area contributed by atoms with E-state index in [2.05, 4.69) is 41.1 Å². The maximum Gasteiger partial charge on any atom is 0.135 e. The van der Waals surface area contributed by atoms with E-state index >= 15 is 0 Å². The zero-order valence-corrected chi connectivity index (χ0v) is 15.4. The molecule has 4 nitrogen and oxygen atoms in total. The number of hydrogen-bond donors (Lipinski definition) is 1. The molecule has 1 N–H and O–H groups in total. The van der Waals surface area contributed by atoms with Crippen molar-refractivity contribution in [3.05, 3.63) is 53.5 Å². The molecule has 1 aromatic heterocycles. The van der Waals surface area contributed by atoms with Crippen molar-refractivity contribution < 1.29 is 5.11 Å². The van der Waals surface area contributed by atoms with Gasteiger partial charge in [0.1, 0.15) is 11.6 Å². The van der Waals surface area contributed by atoms with Gasteiger partial charge in [0.25, 0.3) is 0 Å². The van der Waals surface area contributed by atoms with E-state index in [9.17, 15) is 5.11 Å².